The van der Waals surface area contributed by atoms with Crippen molar-refractivity contribution in [2.24, 2.45) is 5.73 Å². The molecule has 0 radical (unpaired) electrons. The summed E-state index contributed by atoms with van der Waals surface area (Å²) >= 11 is 0. The zero-order chi connectivity index (χ0) is 13.0. The van der Waals surface area contributed by atoms with E-state index in [2.05, 4.69) is 30.8 Å². The van der Waals surface area contributed by atoms with Gasteiger partial charge in [0.2, 0.25) is 5.91 Å². The summed E-state index contributed by atoms with van der Waals surface area (Å²) in [5.41, 5.74) is 9.17. The molecule has 90 valence electrons. The molecule has 0 aliphatic carbocycles. The lowest BCUT2D eigenvalue weighted by atomic mass is 10.0. The molecule has 2 aromatic rings. The fourth-order valence-electron chi connectivity index (χ4n) is 1.83. The Morgan fingerprint density at radius 3 is 1.94 bits per heavy atom. The molecular weight excluding hydrogens is 222 g/mol. The second-order valence-electron chi connectivity index (χ2n) is 4.13. The maximum absolute atomic E-state index is 11.0. The van der Waals surface area contributed by atoms with Crippen LogP contribution in [0.4, 0.5) is 0 Å². The monoisotopic (exact) mass is 237 g/mol. The first-order valence-corrected chi connectivity index (χ1v) is 5.81. The molecule has 2 aromatic carbocycles. The van der Waals surface area contributed by atoms with Gasteiger partial charge in [0, 0.05) is 5.56 Å². The molecule has 0 aliphatic heterocycles. The van der Waals surface area contributed by atoms with Crippen molar-refractivity contribution in [3.8, 4) is 11.1 Å². The molecule has 0 atom stereocenters. The van der Waals surface area contributed by atoms with Gasteiger partial charge in [0.1, 0.15) is 0 Å². The van der Waals surface area contributed by atoms with Crippen LogP contribution in [0.1, 0.15) is 15.9 Å². The second-order valence-corrected chi connectivity index (χ2v) is 4.13. The van der Waals surface area contributed by atoms with E-state index in [1.807, 2.05) is 18.2 Å². The first kappa shape index (κ1) is 12.1. The number of primary amides is 1. The highest BCUT2D eigenvalue weighted by Gasteiger charge is 2.01. The van der Waals surface area contributed by atoms with E-state index < -0.39 is 5.91 Å². The minimum absolute atomic E-state index is 0.400. The molecule has 1 amide bonds. The number of carbonyl (C=O) groups is 1. The van der Waals surface area contributed by atoms with Gasteiger partial charge in [-0.05, 0) is 35.2 Å². The molecule has 0 fully saturated rings. The van der Waals surface area contributed by atoms with Gasteiger partial charge in [0.25, 0.3) is 0 Å². The van der Waals surface area contributed by atoms with E-state index in [1.54, 1.807) is 12.1 Å². The van der Waals surface area contributed by atoms with Gasteiger partial charge in [0.15, 0.2) is 0 Å². The Hall–Kier alpha value is -2.35. The van der Waals surface area contributed by atoms with Crippen LogP contribution in [-0.4, -0.2) is 5.91 Å². The van der Waals surface area contributed by atoms with Gasteiger partial charge in [-0.2, -0.15) is 0 Å². The fourth-order valence-corrected chi connectivity index (χ4v) is 1.83. The van der Waals surface area contributed by atoms with E-state index in [9.17, 15) is 4.79 Å². The molecule has 2 heteroatoms. The molecule has 0 saturated carbocycles. The van der Waals surface area contributed by atoms with Gasteiger partial charge in [0.05, 0.1) is 0 Å². The minimum Gasteiger partial charge on any atom is -0.366 e. The largest absolute Gasteiger partial charge is 0.366 e. The number of hydrogen-bond donors (Lipinski definition) is 1. The van der Waals surface area contributed by atoms with Crippen molar-refractivity contribution < 1.29 is 4.79 Å². The summed E-state index contributed by atoms with van der Waals surface area (Å²) in [4.78, 5) is 11.0. The lowest BCUT2D eigenvalue weighted by Gasteiger charge is -2.04. The third kappa shape index (κ3) is 2.66. The van der Waals surface area contributed by atoms with Crippen molar-refractivity contribution in [2.45, 2.75) is 6.42 Å². The van der Waals surface area contributed by atoms with E-state index in [0.29, 0.717) is 5.56 Å². The highest BCUT2D eigenvalue weighted by molar-refractivity contribution is 5.93. The van der Waals surface area contributed by atoms with E-state index in [0.717, 1.165) is 17.5 Å². The Morgan fingerprint density at radius 2 is 1.50 bits per heavy atom. The Balaban J connectivity index is 2.25. The van der Waals surface area contributed by atoms with Crippen molar-refractivity contribution in [3.63, 3.8) is 0 Å². The smallest absolute Gasteiger partial charge is 0.248 e. The number of rotatable bonds is 4. The van der Waals surface area contributed by atoms with Crippen molar-refractivity contribution in [1.29, 1.82) is 0 Å². The van der Waals surface area contributed by atoms with Crippen LogP contribution in [0.25, 0.3) is 11.1 Å². The number of amides is 1. The van der Waals surface area contributed by atoms with Gasteiger partial charge in [-0.15, -0.1) is 6.58 Å². The SMILES string of the molecule is C=CCc1ccc(-c2ccc(C(N)=O)cc2)cc1. The second kappa shape index (κ2) is 5.32. The average Bonchev–Trinajstić information content (AvgIpc) is 2.40. The third-order valence-electron chi connectivity index (χ3n) is 2.84. The molecule has 2 N–H and O–H groups in total. The van der Waals surface area contributed by atoms with Crippen LogP contribution in [0.15, 0.2) is 61.2 Å². The van der Waals surface area contributed by atoms with Crippen LogP contribution >= 0.6 is 0 Å². The summed E-state index contributed by atoms with van der Waals surface area (Å²) in [6.07, 6.45) is 2.76. The summed E-state index contributed by atoms with van der Waals surface area (Å²) in [5.74, 6) is -0.400. The lowest BCUT2D eigenvalue weighted by Crippen LogP contribution is -2.10. The molecule has 0 saturated heterocycles. The quantitative estimate of drug-likeness (QED) is 0.815. The Kier molecular flexibility index (Phi) is 3.58. The maximum atomic E-state index is 11.0. The standard InChI is InChI=1S/C16H15NO/c1-2-3-12-4-6-13(7-5-12)14-8-10-15(11-9-14)16(17)18/h2,4-11H,1,3H2,(H2,17,18). The minimum atomic E-state index is -0.400. The van der Waals surface area contributed by atoms with Gasteiger partial charge in [-0.3, -0.25) is 4.79 Å². The molecule has 0 aromatic heterocycles. The molecule has 2 nitrogen and oxygen atoms in total. The van der Waals surface area contributed by atoms with Crippen LogP contribution in [0.3, 0.4) is 0 Å². The van der Waals surface area contributed by atoms with Crippen LogP contribution in [0.5, 0.6) is 0 Å². The van der Waals surface area contributed by atoms with Crippen molar-refractivity contribution in [3.05, 3.63) is 72.3 Å². The van der Waals surface area contributed by atoms with Gasteiger partial charge in [-0.1, -0.05) is 42.5 Å². The van der Waals surface area contributed by atoms with E-state index in [4.69, 9.17) is 5.73 Å². The Morgan fingerprint density at radius 1 is 1.00 bits per heavy atom. The average molecular weight is 237 g/mol. The number of carbonyl (C=O) groups excluding carboxylic acids is 1. The summed E-state index contributed by atoms with van der Waals surface area (Å²) < 4.78 is 0. The van der Waals surface area contributed by atoms with Crippen LogP contribution < -0.4 is 5.73 Å². The first-order chi connectivity index (χ1) is 8.70. The predicted octanol–water partition coefficient (Wildman–Crippen LogP) is 3.18. The van der Waals surface area contributed by atoms with E-state index in [1.165, 1.54) is 5.56 Å². The maximum Gasteiger partial charge on any atom is 0.248 e. The molecule has 18 heavy (non-hydrogen) atoms. The molecule has 0 spiro atoms. The van der Waals surface area contributed by atoms with Crippen molar-refractivity contribution in [1.82, 2.24) is 0 Å². The molecular formula is C16H15NO. The number of benzene rings is 2. The van der Waals surface area contributed by atoms with Gasteiger partial charge >= 0.3 is 0 Å². The third-order valence-corrected chi connectivity index (χ3v) is 2.84. The van der Waals surface area contributed by atoms with E-state index in [-0.39, 0.29) is 0 Å². The highest BCUT2D eigenvalue weighted by atomic mass is 16.1. The van der Waals surface area contributed by atoms with Gasteiger partial charge < -0.3 is 5.73 Å². The molecule has 0 bridgehead atoms. The molecule has 2 rings (SSSR count). The van der Waals surface area contributed by atoms with Crippen LogP contribution in [0, 0.1) is 0 Å². The Labute approximate surface area is 107 Å². The predicted molar refractivity (Wildman–Crippen MR) is 74.3 cm³/mol. The van der Waals surface area contributed by atoms with Gasteiger partial charge in [-0.25, -0.2) is 0 Å². The zero-order valence-corrected chi connectivity index (χ0v) is 10.1. The summed E-state index contributed by atoms with van der Waals surface area (Å²) in [5, 5.41) is 0. The summed E-state index contributed by atoms with van der Waals surface area (Å²) in [6, 6.07) is 15.6. The van der Waals surface area contributed by atoms with Crippen molar-refractivity contribution in [2.75, 3.05) is 0 Å². The Bertz CT molecular complexity index is 553. The first-order valence-electron chi connectivity index (χ1n) is 5.81. The highest BCUT2D eigenvalue weighted by Crippen LogP contribution is 2.20. The number of allylic oxidation sites excluding steroid dienone is 1. The number of hydrogen-bond acceptors (Lipinski definition) is 1. The summed E-state index contributed by atoms with van der Waals surface area (Å²) in [6.45, 7) is 3.72. The van der Waals surface area contributed by atoms with Crippen molar-refractivity contribution >= 4 is 5.91 Å². The topological polar surface area (TPSA) is 43.1 Å². The number of nitrogens with two attached hydrogens (primary N) is 1. The normalized spacial score (nSPS) is 10.0. The summed E-state index contributed by atoms with van der Waals surface area (Å²) in [7, 11) is 0. The van der Waals surface area contributed by atoms with Crippen LogP contribution in [0.2, 0.25) is 0 Å². The lowest BCUT2D eigenvalue weighted by molar-refractivity contribution is 0.100. The molecule has 0 aliphatic rings. The fraction of sp³-hybridized carbons (Fsp3) is 0.0625. The molecule has 0 unspecified atom stereocenters. The van der Waals surface area contributed by atoms with E-state index >= 15 is 0 Å². The zero-order valence-electron chi connectivity index (χ0n) is 10.1. The van der Waals surface area contributed by atoms with Crippen LogP contribution in [-0.2, 0) is 6.42 Å². The molecule has 0 heterocycles.